The molecular weight excluding hydrogens is 262 g/mol. The first-order valence-corrected chi connectivity index (χ1v) is 5.05. The molecule has 0 fully saturated rings. The molecule has 2 aromatic rings. The van der Waals surface area contributed by atoms with Gasteiger partial charge in [0, 0.05) is 16.8 Å². The number of carbonyl (C=O) groups excluding carboxylic acids is 1. The van der Waals surface area contributed by atoms with Gasteiger partial charge in [0.1, 0.15) is 5.75 Å². The van der Waals surface area contributed by atoms with Crippen molar-refractivity contribution in [2.75, 3.05) is 0 Å². The van der Waals surface area contributed by atoms with E-state index in [-0.39, 0.29) is 5.75 Å². The number of nitrogens with zero attached hydrogens (tertiary/aromatic N) is 1. The summed E-state index contributed by atoms with van der Waals surface area (Å²) in [5.41, 5.74) is 0.644. The number of rotatable bonds is 1. The standard InChI is InChI=1S/C10H8BrNO3/c1-6(13)15-12-5-10(14)8-4-7(11)2-3-9(8)12/h2-5,14H,1H3. The van der Waals surface area contributed by atoms with Gasteiger partial charge in [0.2, 0.25) is 0 Å². The van der Waals surface area contributed by atoms with Gasteiger partial charge in [-0.3, -0.25) is 0 Å². The summed E-state index contributed by atoms with van der Waals surface area (Å²) < 4.78 is 2.10. The SMILES string of the molecule is CC(=O)On1cc(O)c2cc(Br)ccc21. The van der Waals surface area contributed by atoms with Gasteiger partial charge in [-0.15, -0.1) is 0 Å². The molecule has 2 rings (SSSR count). The molecule has 1 aromatic carbocycles. The predicted octanol–water partition coefficient (Wildman–Crippen LogP) is 2.08. The van der Waals surface area contributed by atoms with Crippen molar-refractivity contribution in [3.05, 3.63) is 28.9 Å². The third-order valence-corrected chi connectivity index (χ3v) is 2.43. The highest BCUT2D eigenvalue weighted by molar-refractivity contribution is 9.10. The topological polar surface area (TPSA) is 51.5 Å². The number of halogens is 1. The lowest BCUT2D eigenvalue weighted by molar-refractivity contribution is -0.140. The van der Waals surface area contributed by atoms with E-state index in [0.717, 1.165) is 4.47 Å². The van der Waals surface area contributed by atoms with Crippen LogP contribution in [0, 0.1) is 0 Å². The molecule has 0 saturated carbocycles. The van der Waals surface area contributed by atoms with Crippen LogP contribution >= 0.6 is 15.9 Å². The minimum absolute atomic E-state index is 0.0764. The first-order valence-electron chi connectivity index (χ1n) is 4.26. The third-order valence-electron chi connectivity index (χ3n) is 1.94. The minimum Gasteiger partial charge on any atom is -0.506 e. The van der Waals surface area contributed by atoms with Crippen molar-refractivity contribution in [1.82, 2.24) is 4.73 Å². The zero-order chi connectivity index (χ0) is 11.0. The molecular formula is C10H8BrNO3. The van der Waals surface area contributed by atoms with Crippen LogP contribution < -0.4 is 4.84 Å². The summed E-state index contributed by atoms with van der Waals surface area (Å²) in [4.78, 5) is 15.7. The van der Waals surface area contributed by atoms with E-state index < -0.39 is 5.97 Å². The average Bonchev–Trinajstić information content (AvgIpc) is 2.42. The van der Waals surface area contributed by atoms with E-state index in [1.807, 2.05) is 6.07 Å². The van der Waals surface area contributed by atoms with E-state index >= 15 is 0 Å². The highest BCUT2D eigenvalue weighted by atomic mass is 79.9. The van der Waals surface area contributed by atoms with E-state index in [4.69, 9.17) is 4.84 Å². The Labute approximate surface area is 94.2 Å². The van der Waals surface area contributed by atoms with Crippen LogP contribution in [-0.4, -0.2) is 15.8 Å². The normalized spacial score (nSPS) is 10.5. The van der Waals surface area contributed by atoms with Crippen LogP contribution in [0.4, 0.5) is 0 Å². The van der Waals surface area contributed by atoms with Gasteiger partial charge in [-0.25, -0.2) is 4.79 Å². The van der Waals surface area contributed by atoms with E-state index in [0.29, 0.717) is 10.9 Å². The number of benzene rings is 1. The van der Waals surface area contributed by atoms with Crippen LogP contribution in [0.1, 0.15) is 6.92 Å². The molecule has 1 aromatic heterocycles. The fourth-order valence-corrected chi connectivity index (χ4v) is 1.73. The number of hydrogen-bond acceptors (Lipinski definition) is 3. The molecule has 78 valence electrons. The van der Waals surface area contributed by atoms with E-state index in [1.165, 1.54) is 17.9 Å². The Hall–Kier alpha value is -1.49. The lowest BCUT2D eigenvalue weighted by atomic mass is 10.2. The third kappa shape index (κ3) is 1.83. The lowest BCUT2D eigenvalue weighted by Gasteiger charge is -2.02. The van der Waals surface area contributed by atoms with Crippen molar-refractivity contribution in [1.29, 1.82) is 0 Å². The van der Waals surface area contributed by atoms with Gasteiger partial charge in [0.05, 0.1) is 11.7 Å². The first kappa shape index (κ1) is 10.0. The lowest BCUT2D eigenvalue weighted by Crippen LogP contribution is -2.14. The molecule has 0 aliphatic carbocycles. The van der Waals surface area contributed by atoms with Crippen molar-refractivity contribution in [2.24, 2.45) is 0 Å². The smallest absolute Gasteiger partial charge is 0.329 e. The minimum atomic E-state index is -0.435. The largest absolute Gasteiger partial charge is 0.506 e. The van der Waals surface area contributed by atoms with Crippen LogP contribution in [0.25, 0.3) is 10.9 Å². The molecule has 0 aliphatic rings. The summed E-state index contributed by atoms with van der Waals surface area (Å²) in [6.07, 6.45) is 1.36. The zero-order valence-electron chi connectivity index (χ0n) is 7.90. The number of carbonyl (C=O) groups is 1. The summed E-state index contributed by atoms with van der Waals surface area (Å²) in [5, 5.41) is 10.2. The Morgan fingerprint density at radius 3 is 2.93 bits per heavy atom. The Balaban J connectivity index is 2.62. The summed E-state index contributed by atoms with van der Waals surface area (Å²) in [6, 6.07) is 5.31. The predicted molar refractivity (Wildman–Crippen MR) is 58.6 cm³/mol. The molecule has 4 nitrogen and oxygen atoms in total. The van der Waals surface area contributed by atoms with Crippen LogP contribution in [-0.2, 0) is 4.79 Å². The van der Waals surface area contributed by atoms with Crippen molar-refractivity contribution < 1.29 is 14.7 Å². The number of aromatic hydroxyl groups is 1. The number of hydrogen-bond donors (Lipinski definition) is 1. The van der Waals surface area contributed by atoms with E-state index in [9.17, 15) is 9.90 Å². The summed E-state index contributed by atoms with van der Waals surface area (Å²) in [5.74, 6) is -0.359. The zero-order valence-corrected chi connectivity index (χ0v) is 9.48. The molecule has 0 unspecified atom stereocenters. The van der Waals surface area contributed by atoms with E-state index in [1.54, 1.807) is 12.1 Å². The van der Waals surface area contributed by atoms with Crippen LogP contribution in [0.5, 0.6) is 5.75 Å². The van der Waals surface area contributed by atoms with Gasteiger partial charge in [-0.2, -0.15) is 4.73 Å². The molecule has 15 heavy (non-hydrogen) atoms. The molecule has 0 saturated heterocycles. The Morgan fingerprint density at radius 2 is 2.27 bits per heavy atom. The average molecular weight is 270 g/mol. The Morgan fingerprint density at radius 1 is 1.53 bits per heavy atom. The summed E-state index contributed by atoms with van der Waals surface area (Å²) in [7, 11) is 0. The molecule has 1 N–H and O–H groups in total. The molecule has 0 spiro atoms. The Bertz CT molecular complexity index is 533. The van der Waals surface area contributed by atoms with Gasteiger partial charge in [-0.1, -0.05) is 15.9 Å². The maximum absolute atomic E-state index is 10.8. The second-order valence-corrected chi connectivity index (χ2v) is 4.00. The van der Waals surface area contributed by atoms with Crippen LogP contribution in [0.3, 0.4) is 0 Å². The van der Waals surface area contributed by atoms with Crippen LogP contribution in [0.2, 0.25) is 0 Å². The van der Waals surface area contributed by atoms with Gasteiger partial charge in [0.25, 0.3) is 0 Å². The fraction of sp³-hybridized carbons (Fsp3) is 0.100. The molecule has 0 radical (unpaired) electrons. The quantitative estimate of drug-likeness (QED) is 0.863. The molecule has 1 heterocycles. The molecule has 0 aliphatic heterocycles. The maximum Gasteiger partial charge on any atom is 0.329 e. The highest BCUT2D eigenvalue weighted by Gasteiger charge is 2.09. The van der Waals surface area contributed by atoms with Crippen molar-refractivity contribution in [3.63, 3.8) is 0 Å². The summed E-state index contributed by atoms with van der Waals surface area (Å²) in [6.45, 7) is 1.31. The Kier molecular flexibility index (Phi) is 2.40. The highest BCUT2D eigenvalue weighted by Crippen LogP contribution is 2.28. The molecule has 0 bridgehead atoms. The van der Waals surface area contributed by atoms with Gasteiger partial charge in [-0.05, 0) is 18.2 Å². The first-order chi connectivity index (χ1) is 7.08. The second kappa shape index (κ2) is 3.58. The van der Waals surface area contributed by atoms with Gasteiger partial charge < -0.3 is 9.94 Å². The maximum atomic E-state index is 10.8. The fourth-order valence-electron chi connectivity index (χ4n) is 1.37. The van der Waals surface area contributed by atoms with E-state index in [2.05, 4.69) is 15.9 Å². The molecule has 5 heteroatoms. The molecule has 0 atom stereocenters. The van der Waals surface area contributed by atoms with Crippen molar-refractivity contribution in [2.45, 2.75) is 6.92 Å². The molecule has 0 amide bonds. The summed E-state index contributed by atoms with van der Waals surface area (Å²) >= 11 is 3.30. The van der Waals surface area contributed by atoms with Crippen molar-refractivity contribution in [3.8, 4) is 5.75 Å². The van der Waals surface area contributed by atoms with Gasteiger partial charge in [0.15, 0.2) is 0 Å². The number of aromatic nitrogens is 1. The van der Waals surface area contributed by atoms with Crippen LogP contribution in [0.15, 0.2) is 28.9 Å². The monoisotopic (exact) mass is 269 g/mol. The van der Waals surface area contributed by atoms with Gasteiger partial charge >= 0.3 is 5.97 Å². The number of fused-ring (bicyclic) bond motifs is 1. The second-order valence-electron chi connectivity index (χ2n) is 3.08. The van der Waals surface area contributed by atoms with Crippen molar-refractivity contribution >= 4 is 32.8 Å².